The first-order valence-electron chi connectivity index (χ1n) is 7.12. The summed E-state index contributed by atoms with van der Waals surface area (Å²) >= 11 is 0. The Bertz CT molecular complexity index is 464. The van der Waals surface area contributed by atoms with Crippen LogP contribution in [0.1, 0.15) is 44.7 Å². The van der Waals surface area contributed by atoms with Crippen molar-refractivity contribution in [3.63, 3.8) is 0 Å². The van der Waals surface area contributed by atoms with Gasteiger partial charge in [0.2, 0.25) is 0 Å². The van der Waals surface area contributed by atoms with Crippen molar-refractivity contribution in [2.75, 3.05) is 7.11 Å². The summed E-state index contributed by atoms with van der Waals surface area (Å²) in [4.78, 5) is 0. The van der Waals surface area contributed by atoms with E-state index in [0.29, 0.717) is 12.3 Å². The normalized spacial score (nSPS) is 29.5. The Labute approximate surface area is 116 Å². The summed E-state index contributed by atoms with van der Waals surface area (Å²) in [5.74, 6) is 1.21. The molecule has 106 valence electrons. The van der Waals surface area contributed by atoms with Gasteiger partial charge in [-0.15, -0.1) is 0 Å². The topological polar surface area (TPSA) is 29.5 Å². The quantitative estimate of drug-likeness (QED) is 0.899. The van der Waals surface area contributed by atoms with E-state index >= 15 is 0 Å². The van der Waals surface area contributed by atoms with Crippen molar-refractivity contribution in [3.8, 4) is 5.75 Å². The molecule has 19 heavy (non-hydrogen) atoms. The first-order chi connectivity index (χ1) is 8.76. The van der Waals surface area contributed by atoms with E-state index < -0.39 is 5.60 Å². The maximum absolute atomic E-state index is 11.0. The Kier molecular flexibility index (Phi) is 3.65. The predicted octanol–water partition coefficient (Wildman–Crippen LogP) is 3.73. The van der Waals surface area contributed by atoms with Crippen LogP contribution in [-0.2, 0) is 6.42 Å². The van der Waals surface area contributed by atoms with Crippen LogP contribution in [0.5, 0.6) is 5.75 Å². The van der Waals surface area contributed by atoms with Crippen molar-refractivity contribution in [2.24, 2.45) is 11.3 Å². The van der Waals surface area contributed by atoms with Gasteiger partial charge >= 0.3 is 0 Å². The molecule has 1 aromatic carbocycles. The van der Waals surface area contributed by atoms with Crippen molar-refractivity contribution >= 4 is 0 Å². The van der Waals surface area contributed by atoms with Crippen molar-refractivity contribution < 1.29 is 9.84 Å². The van der Waals surface area contributed by atoms with Crippen LogP contribution in [0.3, 0.4) is 0 Å². The van der Waals surface area contributed by atoms with E-state index in [0.717, 1.165) is 24.2 Å². The van der Waals surface area contributed by atoms with Crippen LogP contribution in [0, 0.1) is 18.3 Å². The van der Waals surface area contributed by atoms with Crippen LogP contribution >= 0.6 is 0 Å². The highest BCUT2D eigenvalue weighted by Gasteiger charge is 2.47. The van der Waals surface area contributed by atoms with Gasteiger partial charge in [-0.2, -0.15) is 0 Å². The van der Waals surface area contributed by atoms with Crippen molar-refractivity contribution in [1.82, 2.24) is 0 Å². The number of hydrogen-bond acceptors (Lipinski definition) is 2. The molecular formula is C17H26O2. The summed E-state index contributed by atoms with van der Waals surface area (Å²) in [5.41, 5.74) is 1.95. The van der Waals surface area contributed by atoms with Crippen molar-refractivity contribution in [1.29, 1.82) is 0 Å². The molecule has 1 aromatic rings. The standard InChI is InChI=1S/C17H26O2/c1-12-6-7-15(19-5)14(8-12)10-17(18)11-16(3,4)9-13(17)2/h6-8,13,18H,9-11H2,1-5H3. The Balaban J connectivity index is 2.28. The number of ether oxygens (including phenoxy) is 1. The van der Waals surface area contributed by atoms with Crippen molar-refractivity contribution in [3.05, 3.63) is 29.3 Å². The van der Waals surface area contributed by atoms with Gasteiger partial charge in [-0.05, 0) is 42.7 Å². The van der Waals surface area contributed by atoms with Crippen LogP contribution in [-0.4, -0.2) is 17.8 Å². The minimum absolute atomic E-state index is 0.227. The Morgan fingerprint density at radius 1 is 1.37 bits per heavy atom. The van der Waals surface area contributed by atoms with Gasteiger partial charge in [0.25, 0.3) is 0 Å². The van der Waals surface area contributed by atoms with Gasteiger partial charge < -0.3 is 9.84 Å². The number of rotatable bonds is 3. The molecule has 0 bridgehead atoms. The molecule has 2 heteroatoms. The molecule has 0 radical (unpaired) electrons. The summed E-state index contributed by atoms with van der Waals surface area (Å²) in [6.07, 6.45) is 2.62. The maximum atomic E-state index is 11.0. The van der Waals surface area contributed by atoms with E-state index in [-0.39, 0.29) is 5.41 Å². The molecule has 0 heterocycles. The summed E-state index contributed by atoms with van der Waals surface area (Å²) in [7, 11) is 1.69. The number of benzene rings is 1. The lowest BCUT2D eigenvalue weighted by molar-refractivity contribution is 0.00399. The van der Waals surface area contributed by atoms with E-state index in [2.05, 4.69) is 33.8 Å². The monoisotopic (exact) mass is 262 g/mol. The van der Waals surface area contributed by atoms with Gasteiger partial charge in [0.15, 0.2) is 0 Å². The average Bonchev–Trinajstić information content (AvgIpc) is 2.47. The number of aryl methyl sites for hydroxylation is 1. The zero-order chi connectivity index (χ0) is 14.3. The van der Waals surface area contributed by atoms with Crippen LogP contribution in [0.4, 0.5) is 0 Å². The Morgan fingerprint density at radius 2 is 2.05 bits per heavy atom. The maximum Gasteiger partial charge on any atom is 0.122 e. The summed E-state index contributed by atoms with van der Waals surface area (Å²) in [6.45, 7) is 8.73. The molecule has 1 aliphatic carbocycles. The van der Waals surface area contributed by atoms with Crippen molar-refractivity contribution in [2.45, 2.75) is 52.6 Å². The number of methoxy groups -OCH3 is 1. The third kappa shape index (κ3) is 2.94. The molecule has 1 N–H and O–H groups in total. The molecule has 2 nitrogen and oxygen atoms in total. The fourth-order valence-corrected chi connectivity index (χ4v) is 3.71. The molecule has 0 spiro atoms. The first kappa shape index (κ1) is 14.4. The zero-order valence-corrected chi connectivity index (χ0v) is 12.8. The summed E-state index contributed by atoms with van der Waals surface area (Å²) < 4.78 is 5.43. The highest BCUT2D eigenvalue weighted by atomic mass is 16.5. The zero-order valence-electron chi connectivity index (χ0n) is 12.8. The lowest BCUT2D eigenvalue weighted by atomic mass is 9.84. The SMILES string of the molecule is COc1ccc(C)cc1CC1(O)CC(C)(C)CC1C. The summed E-state index contributed by atoms with van der Waals surface area (Å²) in [5, 5.41) is 11.0. The lowest BCUT2D eigenvalue weighted by Crippen LogP contribution is -2.35. The molecule has 0 aliphatic heterocycles. The largest absolute Gasteiger partial charge is 0.496 e. The van der Waals surface area contributed by atoms with E-state index in [1.165, 1.54) is 5.56 Å². The number of aliphatic hydroxyl groups is 1. The molecular weight excluding hydrogens is 236 g/mol. The first-order valence-corrected chi connectivity index (χ1v) is 7.12. The second kappa shape index (κ2) is 4.82. The van der Waals surface area contributed by atoms with Gasteiger partial charge in [-0.3, -0.25) is 0 Å². The van der Waals surface area contributed by atoms with E-state index in [1.807, 2.05) is 12.1 Å². The molecule has 1 aliphatic rings. The highest BCUT2D eigenvalue weighted by molar-refractivity contribution is 5.38. The van der Waals surface area contributed by atoms with Crippen LogP contribution in [0.25, 0.3) is 0 Å². The third-order valence-corrected chi connectivity index (χ3v) is 4.49. The van der Waals surface area contributed by atoms with E-state index in [1.54, 1.807) is 7.11 Å². The molecule has 2 unspecified atom stereocenters. The molecule has 0 amide bonds. The van der Waals surface area contributed by atoms with Gasteiger partial charge in [0.1, 0.15) is 5.75 Å². The third-order valence-electron chi connectivity index (χ3n) is 4.49. The molecule has 2 atom stereocenters. The van der Waals surface area contributed by atoms with Crippen LogP contribution < -0.4 is 4.74 Å². The lowest BCUT2D eigenvalue weighted by Gasteiger charge is -2.29. The fourth-order valence-electron chi connectivity index (χ4n) is 3.71. The minimum Gasteiger partial charge on any atom is -0.496 e. The Hall–Kier alpha value is -1.02. The van der Waals surface area contributed by atoms with E-state index in [9.17, 15) is 5.11 Å². The molecule has 0 saturated heterocycles. The van der Waals surface area contributed by atoms with Crippen LogP contribution in [0.15, 0.2) is 18.2 Å². The number of hydrogen-bond donors (Lipinski definition) is 1. The molecule has 1 saturated carbocycles. The highest BCUT2D eigenvalue weighted by Crippen LogP contribution is 2.49. The second-order valence-electron chi connectivity index (χ2n) is 7.04. The Morgan fingerprint density at radius 3 is 2.58 bits per heavy atom. The molecule has 2 rings (SSSR count). The van der Waals surface area contributed by atoms with Gasteiger partial charge in [0.05, 0.1) is 12.7 Å². The second-order valence-corrected chi connectivity index (χ2v) is 7.04. The molecule has 1 fully saturated rings. The summed E-state index contributed by atoms with van der Waals surface area (Å²) in [6, 6.07) is 6.18. The minimum atomic E-state index is -0.607. The van der Waals surface area contributed by atoms with Gasteiger partial charge in [0, 0.05) is 6.42 Å². The average molecular weight is 262 g/mol. The van der Waals surface area contributed by atoms with Gasteiger partial charge in [-0.25, -0.2) is 0 Å². The molecule has 0 aromatic heterocycles. The van der Waals surface area contributed by atoms with Crippen LogP contribution in [0.2, 0.25) is 0 Å². The predicted molar refractivity (Wildman–Crippen MR) is 78.6 cm³/mol. The van der Waals surface area contributed by atoms with Gasteiger partial charge in [-0.1, -0.05) is 38.5 Å². The van der Waals surface area contributed by atoms with E-state index in [4.69, 9.17) is 4.74 Å². The smallest absolute Gasteiger partial charge is 0.122 e. The fraction of sp³-hybridized carbons (Fsp3) is 0.647.